The van der Waals surface area contributed by atoms with E-state index < -0.39 is 5.82 Å². The van der Waals surface area contributed by atoms with E-state index in [0.717, 1.165) is 25.2 Å². The summed E-state index contributed by atoms with van der Waals surface area (Å²) < 4.78 is 14.1. The Kier molecular flexibility index (Phi) is 5.73. The molecule has 1 aromatic carbocycles. The number of hydrogen-bond acceptors (Lipinski definition) is 3. The van der Waals surface area contributed by atoms with Crippen molar-refractivity contribution in [3.05, 3.63) is 39.6 Å². The van der Waals surface area contributed by atoms with Gasteiger partial charge >= 0.3 is 0 Å². The normalized spacial score (nSPS) is 11.3. The van der Waals surface area contributed by atoms with E-state index in [1.807, 2.05) is 0 Å². The number of rotatable bonds is 6. The smallest absolute Gasteiger partial charge is 0.152 e. The van der Waals surface area contributed by atoms with Crippen molar-refractivity contribution in [2.45, 2.75) is 33.7 Å². The first-order valence-corrected chi connectivity index (χ1v) is 8.36. The molecule has 0 aliphatic carbocycles. The van der Waals surface area contributed by atoms with E-state index in [1.165, 1.54) is 16.2 Å². The van der Waals surface area contributed by atoms with Gasteiger partial charge in [-0.05, 0) is 31.0 Å². The van der Waals surface area contributed by atoms with Crippen LogP contribution in [0.1, 0.15) is 31.3 Å². The summed E-state index contributed by atoms with van der Waals surface area (Å²) in [6.07, 6.45) is 0.845. The number of halogens is 2. The highest BCUT2D eigenvalue weighted by Crippen LogP contribution is 2.32. The summed E-state index contributed by atoms with van der Waals surface area (Å²) in [4.78, 5) is 5.75. The lowest BCUT2D eigenvalue weighted by molar-refractivity contribution is 0.553. The van der Waals surface area contributed by atoms with Crippen molar-refractivity contribution in [1.82, 2.24) is 10.3 Å². The number of benzene rings is 1. The average Bonchev–Trinajstić information content (AvgIpc) is 2.84. The average molecular weight is 327 g/mol. The SMILES string of the molecule is CCc1nc(-c2cccc(Cl)c2F)sc1CNCC(C)C. The van der Waals surface area contributed by atoms with Crippen molar-refractivity contribution in [1.29, 1.82) is 0 Å². The lowest BCUT2D eigenvalue weighted by Gasteiger charge is -2.06. The first-order valence-electron chi connectivity index (χ1n) is 7.16. The Bertz CT molecular complexity index is 610. The van der Waals surface area contributed by atoms with E-state index in [1.54, 1.807) is 18.2 Å². The third kappa shape index (κ3) is 4.02. The van der Waals surface area contributed by atoms with Gasteiger partial charge in [0.2, 0.25) is 0 Å². The van der Waals surface area contributed by atoms with Crippen LogP contribution < -0.4 is 5.32 Å². The minimum absolute atomic E-state index is 0.139. The molecule has 0 bridgehead atoms. The Balaban J connectivity index is 2.25. The molecule has 0 amide bonds. The molecule has 1 heterocycles. The van der Waals surface area contributed by atoms with E-state index in [0.29, 0.717) is 16.5 Å². The predicted octanol–water partition coefficient (Wildman–Crippen LogP) is 4.91. The Hall–Kier alpha value is -0.970. The van der Waals surface area contributed by atoms with Crippen molar-refractivity contribution < 1.29 is 4.39 Å². The Morgan fingerprint density at radius 2 is 2.14 bits per heavy atom. The first-order chi connectivity index (χ1) is 10.0. The summed E-state index contributed by atoms with van der Waals surface area (Å²) in [6, 6.07) is 5.04. The summed E-state index contributed by atoms with van der Waals surface area (Å²) in [5.41, 5.74) is 1.52. The van der Waals surface area contributed by atoms with Gasteiger partial charge < -0.3 is 5.32 Å². The van der Waals surface area contributed by atoms with Gasteiger partial charge in [0.15, 0.2) is 5.82 Å². The second-order valence-corrected chi connectivity index (χ2v) is 6.86. The van der Waals surface area contributed by atoms with Gasteiger partial charge in [0.1, 0.15) is 5.01 Å². The summed E-state index contributed by atoms with van der Waals surface area (Å²) in [5.74, 6) is 0.213. The van der Waals surface area contributed by atoms with Gasteiger partial charge in [-0.3, -0.25) is 0 Å². The fourth-order valence-electron chi connectivity index (χ4n) is 2.06. The van der Waals surface area contributed by atoms with Crippen molar-refractivity contribution in [3.8, 4) is 10.6 Å². The molecule has 1 aromatic heterocycles. The molecule has 0 atom stereocenters. The molecule has 2 nitrogen and oxygen atoms in total. The molecule has 2 rings (SSSR count). The lowest BCUT2D eigenvalue weighted by Crippen LogP contribution is -2.18. The first kappa shape index (κ1) is 16.4. The van der Waals surface area contributed by atoms with Crippen LogP contribution >= 0.6 is 22.9 Å². The fourth-order valence-corrected chi connectivity index (χ4v) is 3.37. The molecule has 0 fully saturated rings. The molecule has 0 saturated carbocycles. The monoisotopic (exact) mass is 326 g/mol. The highest BCUT2D eigenvalue weighted by molar-refractivity contribution is 7.15. The van der Waals surface area contributed by atoms with Crippen LogP contribution in [0.25, 0.3) is 10.6 Å². The van der Waals surface area contributed by atoms with Crippen LogP contribution in [0, 0.1) is 11.7 Å². The van der Waals surface area contributed by atoms with Crippen LogP contribution in [-0.2, 0) is 13.0 Å². The third-order valence-corrected chi connectivity index (χ3v) is 4.56. The summed E-state index contributed by atoms with van der Waals surface area (Å²) >= 11 is 7.39. The van der Waals surface area contributed by atoms with Gasteiger partial charge in [-0.15, -0.1) is 11.3 Å². The zero-order chi connectivity index (χ0) is 15.4. The van der Waals surface area contributed by atoms with E-state index in [2.05, 4.69) is 31.1 Å². The van der Waals surface area contributed by atoms with Crippen molar-refractivity contribution >= 4 is 22.9 Å². The van der Waals surface area contributed by atoms with Gasteiger partial charge in [-0.1, -0.05) is 38.4 Å². The zero-order valence-electron chi connectivity index (χ0n) is 12.5. The van der Waals surface area contributed by atoms with E-state index >= 15 is 0 Å². The van der Waals surface area contributed by atoms with Crippen molar-refractivity contribution in [2.75, 3.05) is 6.54 Å². The minimum atomic E-state index is -0.391. The molecule has 0 saturated heterocycles. The summed E-state index contributed by atoms with van der Waals surface area (Å²) in [7, 11) is 0. The molecule has 21 heavy (non-hydrogen) atoms. The fraction of sp³-hybridized carbons (Fsp3) is 0.438. The molecule has 0 spiro atoms. The molecule has 1 N–H and O–H groups in total. The van der Waals surface area contributed by atoms with Crippen molar-refractivity contribution in [2.24, 2.45) is 5.92 Å². The van der Waals surface area contributed by atoms with Crippen LogP contribution in [0.15, 0.2) is 18.2 Å². The van der Waals surface area contributed by atoms with Gasteiger partial charge in [-0.2, -0.15) is 0 Å². The molecule has 0 aliphatic heterocycles. The molecule has 0 aliphatic rings. The van der Waals surface area contributed by atoms with E-state index in [-0.39, 0.29) is 5.02 Å². The quantitative estimate of drug-likeness (QED) is 0.815. The van der Waals surface area contributed by atoms with Crippen LogP contribution in [0.5, 0.6) is 0 Å². The van der Waals surface area contributed by atoms with E-state index in [4.69, 9.17) is 11.6 Å². The summed E-state index contributed by atoms with van der Waals surface area (Å²) in [5, 5.41) is 4.26. The Morgan fingerprint density at radius 1 is 1.38 bits per heavy atom. The molecular formula is C16H20ClFN2S. The predicted molar refractivity (Wildman–Crippen MR) is 88.4 cm³/mol. The van der Waals surface area contributed by atoms with Crippen LogP contribution in [0.4, 0.5) is 4.39 Å². The maximum Gasteiger partial charge on any atom is 0.152 e. The van der Waals surface area contributed by atoms with Gasteiger partial charge in [0.05, 0.1) is 10.7 Å². The van der Waals surface area contributed by atoms with Crippen molar-refractivity contribution in [3.63, 3.8) is 0 Å². The molecule has 114 valence electrons. The van der Waals surface area contributed by atoms with Crippen LogP contribution in [-0.4, -0.2) is 11.5 Å². The topological polar surface area (TPSA) is 24.9 Å². The molecule has 0 radical (unpaired) electrons. The van der Waals surface area contributed by atoms with Crippen LogP contribution in [0.2, 0.25) is 5.02 Å². The minimum Gasteiger partial charge on any atom is -0.312 e. The number of nitrogens with one attached hydrogen (secondary N) is 1. The van der Waals surface area contributed by atoms with E-state index in [9.17, 15) is 4.39 Å². The number of hydrogen-bond donors (Lipinski definition) is 1. The van der Waals surface area contributed by atoms with Gasteiger partial charge in [0, 0.05) is 17.0 Å². The number of nitrogens with zero attached hydrogens (tertiary/aromatic N) is 1. The molecule has 0 unspecified atom stereocenters. The Labute approximate surface area is 134 Å². The third-order valence-electron chi connectivity index (χ3n) is 3.13. The Morgan fingerprint density at radius 3 is 2.81 bits per heavy atom. The number of thiazole rings is 1. The highest BCUT2D eigenvalue weighted by atomic mass is 35.5. The summed E-state index contributed by atoms with van der Waals surface area (Å²) in [6.45, 7) is 8.16. The standard InChI is InChI=1S/C16H20ClFN2S/c1-4-13-14(9-19-8-10(2)3)21-16(20-13)11-6-5-7-12(17)15(11)18/h5-7,10,19H,4,8-9H2,1-3H3. The lowest BCUT2D eigenvalue weighted by atomic mass is 10.2. The maximum atomic E-state index is 14.1. The number of aryl methyl sites for hydroxylation is 1. The van der Waals surface area contributed by atoms with Gasteiger partial charge in [-0.25, -0.2) is 9.37 Å². The van der Waals surface area contributed by atoms with Crippen LogP contribution in [0.3, 0.4) is 0 Å². The number of aromatic nitrogens is 1. The zero-order valence-corrected chi connectivity index (χ0v) is 14.1. The molecule has 5 heteroatoms. The highest BCUT2D eigenvalue weighted by Gasteiger charge is 2.15. The largest absolute Gasteiger partial charge is 0.312 e. The second-order valence-electron chi connectivity index (χ2n) is 5.37. The molecule has 2 aromatic rings. The second kappa shape index (κ2) is 7.34. The maximum absolute atomic E-state index is 14.1. The molecular weight excluding hydrogens is 307 g/mol. The van der Waals surface area contributed by atoms with Gasteiger partial charge in [0.25, 0.3) is 0 Å².